The smallest absolute Gasteiger partial charge is 0.122 e. The SMILES string of the molecule is COCCC(C)Oc1ccc(C(C)O)cc1C. The van der Waals surface area contributed by atoms with E-state index in [2.05, 4.69) is 0 Å². The molecule has 0 fully saturated rings. The Balaban J connectivity index is 2.65. The van der Waals surface area contributed by atoms with Crippen molar-refractivity contribution in [1.82, 2.24) is 0 Å². The standard InChI is InChI=1S/C14H22O3/c1-10-9-13(12(3)15)5-6-14(10)17-11(2)7-8-16-4/h5-6,9,11-12,15H,7-8H2,1-4H3. The van der Waals surface area contributed by atoms with Crippen molar-refractivity contribution >= 4 is 0 Å². The molecule has 0 aliphatic rings. The fourth-order valence-corrected chi connectivity index (χ4v) is 1.62. The molecule has 3 nitrogen and oxygen atoms in total. The van der Waals surface area contributed by atoms with Gasteiger partial charge in [-0.3, -0.25) is 0 Å². The van der Waals surface area contributed by atoms with E-state index in [-0.39, 0.29) is 6.10 Å². The summed E-state index contributed by atoms with van der Waals surface area (Å²) in [6.07, 6.45) is 0.563. The lowest BCUT2D eigenvalue weighted by Crippen LogP contribution is -2.14. The molecule has 1 aromatic carbocycles. The lowest BCUT2D eigenvalue weighted by atomic mass is 10.1. The number of aliphatic hydroxyl groups excluding tert-OH is 1. The molecule has 1 aromatic rings. The number of methoxy groups -OCH3 is 1. The average molecular weight is 238 g/mol. The summed E-state index contributed by atoms with van der Waals surface area (Å²) >= 11 is 0. The first-order valence-corrected chi connectivity index (χ1v) is 5.98. The van der Waals surface area contributed by atoms with Gasteiger partial charge in [0.1, 0.15) is 5.75 Å². The van der Waals surface area contributed by atoms with Crippen molar-refractivity contribution in [2.75, 3.05) is 13.7 Å². The molecule has 3 heteroatoms. The normalized spacial score (nSPS) is 14.4. The van der Waals surface area contributed by atoms with Gasteiger partial charge < -0.3 is 14.6 Å². The molecule has 0 spiro atoms. The molecule has 0 saturated heterocycles. The molecule has 0 heterocycles. The Kier molecular flexibility index (Phi) is 5.45. The van der Waals surface area contributed by atoms with E-state index in [1.165, 1.54) is 0 Å². The molecule has 1 N–H and O–H groups in total. The Morgan fingerprint density at radius 3 is 2.53 bits per heavy atom. The molecular weight excluding hydrogens is 216 g/mol. The number of aliphatic hydroxyl groups is 1. The fourth-order valence-electron chi connectivity index (χ4n) is 1.62. The molecule has 2 atom stereocenters. The molecule has 96 valence electrons. The number of aryl methyl sites for hydroxylation is 1. The van der Waals surface area contributed by atoms with Crippen LogP contribution < -0.4 is 4.74 Å². The maximum absolute atomic E-state index is 9.48. The Hall–Kier alpha value is -1.06. The van der Waals surface area contributed by atoms with Crippen LogP contribution in [0.2, 0.25) is 0 Å². The summed E-state index contributed by atoms with van der Waals surface area (Å²) in [5, 5.41) is 9.48. The van der Waals surface area contributed by atoms with Crippen LogP contribution in [0.15, 0.2) is 18.2 Å². The Labute approximate surface area is 103 Å². The Morgan fingerprint density at radius 1 is 1.29 bits per heavy atom. The molecular formula is C14H22O3. The van der Waals surface area contributed by atoms with Gasteiger partial charge in [-0.05, 0) is 44.0 Å². The summed E-state index contributed by atoms with van der Waals surface area (Å²) < 4.78 is 10.8. The highest BCUT2D eigenvalue weighted by Gasteiger charge is 2.08. The summed E-state index contributed by atoms with van der Waals surface area (Å²) in [6.45, 7) is 6.48. The van der Waals surface area contributed by atoms with Crippen LogP contribution in [0.4, 0.5) is 0 Å². The minimum Gasteiger partial charge on any atom is -0.490 e. The van der Waals surface area contributed by atoms with Gasteiger partial charge in [0.25, 0.3) is 0 Å². The third kappa shape index (κ3) is 4.36. The number of hydrogen-bond donors (Lipinski definition) is 1. The van der Waals surface area contributed by atoms with Crippen LogP contribution in [-0.2, 0) is 4.74 Å². The summed E-state index contributed by atoms with van der Waals surface area (Å²) in [6, 6.07) is 5.78. The monoisotopic (exact) mass is 238 g/mol. The molecule has 0 bridgehead atoms. The van der Waals surface area contributed by atoms with Crippen LogP contribution in [0.3, 0.4) is 0 Å². The zero-order chi connectivity index (χ0) is 12.8. The van der Waals surface area contributed by atoms with E-state index in [9.17, 15) is 5.11 Å². The van der Waals surface area contributed by atoms with Gasteiger partial charge in [0.2, 0.25) is 0 Å². The minimum atomic E-state index is -0.436. The van der Waals surface area contributed by atoms with Crippen LogP contribution in [0.5, 0.6) is 5.75 Å². The second-order valence-corrected chi connectivity index (χ2v) is 4.41. The maximum Gasteiger partial charge on any atom is 0.122 e. The van der Waals surface area contributed by atoms with Crippen molar-refractivity contribution in [1.29, 1.82) is 0 Å². The van der Waals surface area contributed by atoms with Crippen molar-refractivity contribution < 1.29 is 14.6 Å². The van der Waals surface area contributed by atoms with E-state index < -0.39 is 6.10 Å². The highest BCUT2D eigenvalue weighted by molar-refractivity contribution is 5.37. The largest absolute Gasteiger partial charge is 0.490 e. The lowest BCUT2D eigenvalue weighted by molar-refractivity contribution is 0.134. The zero-order valence-electron chi connectivity index (χ0n) is 11.1. The minimum absolute atomic E-state index is 0.131. The van der Waals surface area contributed by atoms with E-state index >= 15 is 0 Å². The predicted octanol–water partition coefficient (Wildman–Crippen LogP) is 2.85. The van der Waals surface area contributed by atoms with E-state index in [1.807, 2.05) is 32.0 Å². The maximum atomic E-state index is 9.48. The van der Waals surface area contributed by atoms with Crippen molar-refractivity contribution in [2.45, 2.75) is 39.4 Å². The van der Waals surface area contributed by atoms with E-state index in [4.69, 9.17) is 9.47 Å². The molecule has 2 unspecified atom stereocenters. The van der Waals surface area contributed by atoms with Crippen LogP contribution in [0, 0.1) is 6.92 Å². The first kappa shape index (κ1) is 14.0. The van der Waals surface area contributed by atoms with Gasteiger partial charge in [0.05, 0.1) is 12.2 Å². The molecule has 1 rings (SSSR count). The van der Waals surface area contributed by atoms with Crippen LogP contribution in [-0.4, -0.2) is 24.9 Å². The van der Waals surface area contributed by atoms with Crippen LogP contribution in [0.1, 0.15) is 37.5 Å². The van der Waals surface area contributed by atoms with Gasteiger partial charge in [-0.1, -0.05) is 6.07 Å². The second-order valence-electron chi connectivity index (χ2n) is 4.41. The Bertz CT molecular complexity index is 347. The van der Waals surface area contributed by atoms with E-state index in [0.29, 0.717) is 6.61 Å². The molecule has 17 heavy (non-hydrogen) atoms. The van der Waals surface area contributed by atoms with Crippen molar-refractivity contribution in [3.05, 3.63) is 29.3 Å². The molecule has 0 aromatic heterocycles. The summed E-state index contributed by atoms with van der Waals surface area (Å²) in [7, 11) is 1.69. The highest BCUT2D eigenvalue weighted by atomic mass is 16.5. The van der Waals surface area contributed by atoms with Crippen LogP contribution in [0.25, 0.3) is 0 Å². The van der Waals surface area contributed by atoms with Gasteiger partial charge in [-0.2, -0.15) is 0 Å². The molecule has 0 amide bonds. The lowest BCUT2D eigenvalue weighted by Gasteiger charge is -2.17. The summed E-state index contributed by atoms with van der Waals surface area (Å²) in [5.74, 6) is 0.873. The van der Waals surface area contributed by atoms with Gasteiger partial charge in [0.15, 0.2) is 0 Å². The van der Waals surface area contributed by atoms with Gasteiger partial charge in [-0.15, -0.1) is 0 Å². The first-order chi connectivity index (χ1) is 8.04. The van der Waals surface area contributed by atoms with E-state index in [1.54, 1.807) is 14.0 Å². The van der Waals surface area contributed by atoms with Gasteiger partial charge >= 0.3 is 0 Å². The predicted molar refractivity (Wildman–Crippen MR) is 68.4 cm³/mol. The van der Waals surface area contributed by atoms with Gasteiger partial charge in [0, 0.05) is 20.1 Å². The van der Waals surface area contributed by atoms with Crippen molar-refractivity contribution in [3.8, 4) is 5.75 Å². The summed E-state index contributed by atoms with van der Waals surface area (Å²) in [5.41, 5.74) is 1.96. The van der Waals surface area contributed by atoms with E-state index in [0.717, 1.165) is 23.3 Å². The number of hydrogen-bond acceptors (Lipinski definition) is 3. The fraction of sp³-hybridized carbons (Fsp3) is 0.571. The van der Waals surface area contributed by atoms with Crippen LogP contribution >= 0.6 is 0 Å². The average Bonchev–Trinajstić information content (AvgIpc) is 2.28. The topological polar surface area (TPSA) is 38.7 Å². The first-order valence-electron chi connectivity index (χ1n) is 5.98. The third-order valence-electron chi connectivity index (χ3n) is 2.74. The second kappa shape index (κ2) is 6.62. The zero-order valence-corrected chi connectivity index (χ0v) is 11.1. The molecule has 0 aliphatic carbocycles. The highest BCUT2D eigenvalue weighted by Crippen LogP contribution is 2.23. The Morgan fingerprint density at radius 2 is 2.00 bits per heavy atom. The number of benzene rings is 1. The quantitative estimate of drug-likeness (QED) is 0.828. The molecule has 0 radical (unpaired) electrons. The molecule has 0 aliphatic heterocycles. The summed E-state index contributed by atoms with van der Waals surface area (Å²) in [4.78, 5) is 0. The van der Waals surface area contributed by atoms with Gasteiger partial charge in [-0.25, -0.2) is 0 Å². The number of rotatable bonds is 6. The molecule has 0 saturated carbocycles. The number of ether oxygens (including phenoxy) is 2. The van der Waals surface area contributed by atoms with Crippen molar-refractivity contribution in [3.63, 3.8) is 0 Å². The third-order valence-corrected chi connectivity index (χ3v) is 2.74. The van der Waals surface area contributed by atoms with Crippen molar-refractivity contribution in [2.24, 2.45) is 0 Å².